The summed E-state index contributed by atoms with van der Waals surface area (Å²) in [5.41, 5.74) is 7.68. The molecule has 0 aromatic heterocycles. The van der Waals surface area contributed by atoms with Crippen LogP contribution in [0.5, 0.6) is 0 Å². The molecule has 2 rings (SSSR count). The highest BCUT2D eigenvalue weighted by molar-refractivity contribution is 5.94. The van der Waals surface area contributed by atoms with Crippen LogP contribution < -0.4 is 5.73 Å². The monoisotopic (exact) mass is 289 g/mol. The van der Waals surface area contributed by atoms with Crippen molar-refractivity contribution in [1.82, 2.24) is 9.80 Å². The Balaban J connectivity index is 1.93. The van der Waals surface area contributed by atoms with Crippen LogP contribution >= 0.6 is 0 Å². The number of hydrogen-bond acceptors (Lipinski definition) is 3. The highest BCUT2D eigenvalue weighted by Crippen LogP contribution is 2.11. The summed E-state index contributed by atoms with van der Waals surface area (Å²) in [6.07, 6.45) is 1.04. The second-order valence-electron chi connectivity index (χ2n) is 6.15. The van der Waals surface area contributed by atoms with E-state index in [-0.39, 0.29) is 5.91 Å². The van der Waals surface area contributed by atoms with E-state index in [1.165, 1.54) is 5.56 Å². The lowest BCUT2D eigenvalue weighted by Gasteiger charge is -2.24. The summed E-state index contributed by atoms with van der Waals surface area (Å²) >= 11 is 0. The van der Waals surface area contributed by atoms with Crippen molar-refractivity contribution in [1.29, 1.82) is 0 Å². The zero-order valence-electron chi connectivity index (χ0n) is 13.2. The fraction of sp³-hybridized carbons (Fsp3) is 0.588. The van der Waals surface area contributed by atoms with Crippen LogP contribution in [0.4, 0.5) is 0 Å². The molecule has 1 aromatic rings. The Morgan fingerprint density at radius 3 is 2.57 bits per heavy atom. The number of benzene rings is 1. The lowest BCUT2D eigenvalue weighted by molar-refractivity contribution is 0.0761. The first-order chi connectivity index (χ1) is 10.1. The van der Waals surface area contributed by atoms with Crippen LogP contribution in [0.2, 0.25) is 0 Å². The average Bonchev–Trinajstić information content (AvgIpc) is 2.73. The molecule has 1 unspecified atom stereocenters. The van der Waals surface area contributed by atoms with Crippen molar-refractivity contribution in [3.63, 3.8) is 0 Å². The zero-order valence-corrected chi connectivity index (χ0v) is 13.2. The Kier molecular flexibility index (Phi) is 5.76. The molecule has 0 radical (unpaired) electrons. The maximum Gasteiger partial charge on any atom is 0.253 e. The van der Waals surface area contributed by atoms with Crippen molar-refractivity contribution in [2.75, 3.05) is 39.3 Å². The molecule has 1 saturated heterocycles. The molecule has 0 bridgehead atoms. The Bertz CT molecular complexity index is 458. The molecule has 2 N–H and O–H groups in total. The van der Waals surface area contributed by atoms with Gasteiger partial charge in [0.05, 0.1) is 0 Å². The van der Waals surface area contributed by atoms with E-state index < -0.39 is 0 Å². The summed E-state index contributed by atoms with van der Waals surface area (Å²) < 4.78 is 0. The molecule has 4 nitrogen and oxygen atoms in total. The fourth-order valence-electron chi connectivity index (χ4n) is 2.75. The van der Waals surface area contributed by atoms with E-state index in [4.69, 9.17) is 5.73 Å². The standard InChI is InChI=1S/C17H27N3O/c1-14-4-6-16(7-5-14)17(21)20-9-3-8-19(10-11-20)13-15(2)12-18/h4-7,15H,3,8-13,18H2,1-2H3. The molecular formula is C17H27N3O. The van der Waals surface area contributed by atoms with Crippen LogP contribution in [0.1, 0.15) is 29.3 Å². The van der Waals surface area contributed by atoms with Gasteiger partial charge in [0, 0.05) is 31.7 Å². The first-order valence-corrected chi connectivity index (χ1v) is 7.88. The third kappa shape index (κ3) is 4.55. The molecule has 1 aromatic carbocycles. The minimum atomic E-state index is 0.156. The summed E-state index contributed by atoms with van der Waals surface area (Å²) in [5, 5.41) is 0. The minimum Gasteiger partial charge on any atom is -0.337 e. The second-order valence-corrected chi connectivity index (χ2v) is 6.15. The largest absolute Gasteiger partial charge is 0.337 e. The van der Waals surface area contributed by atoms with Gasteiger partial charge in [-0.2, -0.15) is 0 Å². The SMILES string of the molecule is Cc1ccc(C(=O)N2CCCN(CC(C)CN)CC2)cc1. The maximum absolute atomic E-state index is 12.5. The molecule has 1 amide bonds. The van der Waals surface area contributed by atoms with Gasteiger partial charge in [0.25, 0.3) is 5.91 Å². The van der Waals surface area contributed by atoms with Crippen molar-refractivity contribution < 1.29 is 4.79 Å². The van der Waals surface area contributed by atoms with Crippen LogP contribution in [0.25, 0.3) is 0 Å². The van der Waals surface area contributed by atoms with Gasteiger partial charge < -0.3 is 15.5 Å². The topological polar surface area (TPSA) is 49.6 Å². The molecular weight excluding hydrogens is 262 g/mol. The third-order valence-electron chi connectivity index (χ3n) is 4.15. The molecule has 0 spiro atoms. The average molecular weight is 289 g/mol. The highest BCUT2D eigenvalue weighted by Gasteiger charge is 2.20. The highest BCUT2D eigenvalue weighted by atomic mass is 16.2. The number of nitrogens with zero attached hydrogens (tertiary/aromatic N) is 2. The predicted molar refractivity (Wildman–Crippen MR) is 86.4 cm³/mol. The van der Waals surface area contributed by atoms with Gasteiger partial charge in [0.2, 0.25) is 0 Å². The molecule has 1 aliphatic heterocycles. The molecule has 0 saturated carbocycles. The normalized spacial score (nSPS) is 18.3. The number of carbonyl (C=O) groups excluding carboxylic acids is 1. The number of amides is 1. The summed E-state index contributed by atoms with van der Waals surface area (Å²) in [6.45, 7) is 9.64. The van der Waals surface area contributed by atoms with Crippen LogP contribution in [0.3, 0.4) is 0 Å². The summed E-state index contributed by atoms with van der Waals surface area (Å²) in [6, 6.07) is 7.86. The molecule has 1 heterocycles. The van der Waals surface area contributed by atoms with E-state index in [2.05, 4.69) is 11.8 Å². The lowest BCUT2D eigenvalue weighted by atomic mass is 10.1. The van der Waals surface area contributed by atoms with E-state index in [0.717, 1.165) is 51.3 Å². The Hall–Kier alpha value is -1.39. The molecule has 116 valence electrons. The van der Waals surface area contributed by atoms with E-state index >= 15 is 0 Å². The van der Waals surface area contributed by atoms with Crippen LogP contribution in [-0.4, -0.2) is 55.0 Å². The Morgan fingerprint density at radius 1 is 1.19 bits per heavy atom. The van der Waals surface area contributed by atoms with Gasteiger partial charge in [-0.05, 0) is 44.5 Å². The summed E-state index contributed by atoms with van der Waals surface area (Å²) in [7, 11) is 0. The van der Waals surface area contributed by atoms with Gasteiger partial charge in [0.15, 0.2) is 0 Å². The van der Waals surface area contributed by atoms with Gasteiger partial charge in [0.1, 0.15) is 0 Å². The van der Waals surface area contributed by atoms with Gasteiger partial charge >= 0.3 is 0 Å². The van der Waals surface area contributed by atoms with Crippen LogP contribution in [0.15, 0.2) is 24.3 Å². The van der Waals surface area contributed by atoms with Crippen molar-refractivity contribution in [3.05, 3.63) is 35.4 Å². The van der Waals surface area contributed by atoms with E-state index in [1.807, 2.05) is 36.1 Å². The molecule has 1 aliphatic rings. The predicted octanol–water partition coefficient (Wildman–Crippen LogP) is 1.74. The van der Waals surface area contributed by atoms with Crippen molar-refractivity contribution in [2.24, 2.45) is 11.7 Å². The van der Waals surface area contributed by atoms with Crippen LogP contribution in [-0.2, 0) is 0 Å². The first-order valence-electron chi connectivity index (χ1n) is 7.88. The fourth-order valence-corrected chi connectivity index (χ4v) is 2.75. The van der Waals surface area contributed by atoms with Crippen molar-refractivity contribution >= 4 is 5.91 Å². The number of nitrogens with two attached hydrogens (primary N) is 1. The van der Waals surface area contributed by atoms with Crippen molar-refractivity contribution in [3.8, 4) is 0 Å². The van der Waals surface area contributed by atoms with E-state index in [1.54, 1.807) is 0 Å². The maximum atomic E-state index is 12.5. The quantitative estimate of drug-likeness (QED) is 0.918. The number of carbonyl (C=O) groups is 1. The van der Waals surface area contributed by atoms with Gasteiger partial charge in [-0.3, -0.25) is 4.79 Å². The number of rotatable bonds is 4. The molecule has 21 heavy (non-hydrogen) atoms. The number of aryl methyl sites for hydroxylation is 1. The van der Waals surface area contributed by atoms with Gasteiger partial charge in [-0.1, -0.05) is 24.6 Å². The minimum absolute atomic E-state index is 0.156. The summed E-state index contributed by atoms with van der Waals surface area (Å²) in [5.74, 6) is 0.674. The van der Waals surface area contributed by atoms with Gasteiger partial charge in [-0.15, -0.1) is 0 Å². The molecule has 1 atom stereocenters. The smallest absolute Gasteiger partial charge is 0.253 e. The van der Waals surface area contributed by atoms with E-state index in [9.17, 15) is 4.79 Å². The van der Waals surface area contributed by atoms with Crippen molar-refractivity contribution in [2.45, 2.75) is 20.3 Å². The zero-order chi connectivity index (χ0) is 15.2. The van der Waals surface area contributed by atoms with E-state index in [0.29, 0.717) is 5.92 Å². The Labute approximate surface area is 127 Å². The van der Waals surface area contributed by atoms with Crippen LogP contribution in [0, 0.1) is 12.8 Å². The molecule has 4 heteroatoms. The first kappa shape index (κ1) is 16.0. The van der Waals surface area contributed by atoms with Gasteiger partial charge in [-0.25, -0.2) is 0 Å². The lowest BCUT2D eigenvalue weighted by Crippen LogP contribution is -2.37. The third-order valence-corrected chi connectivity index (χ3v) is 4.15. The second kappa shape index (κ2) is 7.57. The molecule has 1 fully saturated rings. The number of hydrogen-bond donors (Lipinski definition) is 1. The molecule has 0 aliphatic carbocycles. The summed E-state index contributed by atoms with van der Waals surface area (Å²) in [4.78, 5) is 17.0. The Morgan fingerprint density at radius 2 is 1.90 bits per heavy atom.